The lowest BCUT2D eigenvalue weighted by atomic mass is 9.95. The van der Waals surface area contributed by atoms with E-state index in [1.54, 1.807) is 0 Å². The summed E-state index contributed by atoms with van der Waals surface area (Å²) in [6.45, 7) is 5.81. The van der Waals surface area contributed by atoms with E-state index >= 15 is 0 Å². The van der Waals surface area contributed by atoms with Gasteiger partial charge in [0.05, 0.1) is 16.8 Å². The quantitative estimate of drug-likeness (QED) is 0.862. The summed E-state index contributed by atoms with van der Waals surface area (Å²) in [5, 5.41) is 18.9. The average molecular weight is 312 g/mol. The highest BCUT2D eigenvalue weighted by Crippen LogP contribution is 2.44. The molecule has 1 aliphatic carbocycles. The second-order valence-corrected chi connectivity index (χ2v) is 5.86. The van der Waals surface area contributed by atoms with Gasteiger partial charge in [0.2, 0.25) is 0 Å². The lowest BCUT2D eigenvalue weighted by molar-refractivity contribution is 1.22. The Hall–Kier alpha value is -3.37. The summed E-state index contributed by atoms with van der Waals surface area (Å²) < 4.78 is 0. The van der Waals surface area contributed by atoms with Crippen molar-refractivity contribution in [3.05, 3.63) is 63.3 Å². The average Bonchev–Trinajstić information content (AvgIpc) is 2.81. The molecule has 0 bridgehead atoms. The van der Waals surface area contributed by atoms with E-state index in [4.69, 9.17) is 5.73 Å². The Morgan fingerprint density at radius 3 is 2.42 bits per heavy atom. The second kappa shape index (κ2) is 5.68. The lowest BCUT2D eigenvalue weighted by Gasteiger charge is -2.11. The molecule has 0 saturated carbocycles. The van der Waals surface area contributed by atoms with Crippen LogP contribution in [0, 0.1) is 36.5 Å². The van der Waals surface area contributed by atoms with Gasteiger partial charge < -0.3 is 5.73 Å². The number of nitrogens with zero attached hydrogens (tertiary/aromatic N) is 3. The van der Waals surface area contributed by atoms with Crippen LogP contribution < -0.4 is 5.73 Å². The van der Waals surface area contributed by atoms with Crippen molar-refractivity contribution in [3.8, 4) is 12.1 Å². The zero-order valence-electron chi connectivity index (χ0n) is 13.8. The number of rotatable bonds is 1. The highest BCUT2D eigenvalue weighted by Gasteiger charge is 2.29. The minimum absolute atomic E-state index is 0.173. The van der Waals surface area contributed by atoms with Crippen molar-refractivity contribution >= 4 is 23.0 Å². The first kappa shape index (κ1) is 15.5. The molecule has 1 aromatic carbocycles. The van der Waals surface area contributed by atoms with E-state index in [0.717, 1.165) is 33.4 Å². The minimum atomic E-state index is 0.173. The fourth-order valence-corrected chi connectivity index (χ4v) is 3.10. The first-order chi connectivity index (χ1) is 11.5. The van der Waals surface area contributed by atoms with E-state index < -0.39 is 0 Å². The van der Waals surface area contributed by atoms with Crippen LogP contribution in [0.4, 0.5) is 5.82 Å². The summed E-state index contributed by atoms with van der Waals surface area (Å²) >= 11 is 0. The summed E-state index contributed by atoms with van der Waals surface area (Å²) in [6.07, 6.45) is 2.06. The molecule has 4 heteroatoms. The third-order valence-corrected chi connectivity index (χ3v) is 4.47. The first-order valence-electron chi connectivity index (χ1n) is 7.59. The van der Waals surface area contributed by atoms with Crippen molar-refractivity contribution < 1.29 is 0 Å². The third-order valence-electron chi connectivity index (χ3n) is 4.47. The molecule has 0 unspecified atom stereocenters. The SMILES string of the molecule is CC1=C(C#N)c2nc(N)c(C#N)c(C)c2/C1=C\c1ccccc1C. The molecule has 1 aliphatic rings. The van der Waals surface area contributed by atoms with E-state index in [2.05, 4.69) is 23.2 Å². The monoisotopic (exact) mass is 312 g/mol. The van der Waals surface area contributed by atoms with Gasteiger partial charge in [0, 0.05) is 5.56 Å². The fraction of sp³-hybridized carbons (Fsp3) is 0.150. The van der Waals surface area contributed by atoms with Gasteiger partial charge in [0.1, 0.15) is 18.0 Å². The Balaban J connectivity index is 2.36. The van der Waals surface area contributed by atoms with E-state index in [1.807, 2.05) is 45.0 Å². The van der Waals surface area contributed by atoms with Gasteiger partial charge >= 0.3 is 0 Å². The summed E-state index contributed by atoms with van der Waals surface area (Å²) in [4.78, 5) is 4.34. The van der Waals surface area contributed by atoms with Crippen LogP contribution in [0.5, 0.6) is 0 Å². The Bertz CT molecular complexity index is 1010. The molecule has 3 rings (SSSR count). The Morgan fingerprint density at radius 2 is 1.79 bits per heavy atom. The molecule has 1 heterocycles. The van der Waals surface area contributed by atoms with Crippen molar-refractivity contribution in [1.29, 1.82) is 10.5 Å². The van der Waals surface area contributed by atoms with Gasteiger partial charge in [0.25, 0.3) is 0 Å². The first-order valence-corrected chi connectivity index (χ1v) is 7.59. The number of nitriles is 2. The van der Waals surface area contributed by atoms with Gasteiger partial charge in [-0.2, -0.15) is 10.5 Å². The minimum Gasteiger partial charge on any atom is -0.383 e. The molecule has 1 aromatic heterocycles. The molecule has 0 aliphatic heterocycles. The second-order valence-electron chi connectivity index (χ2n) is 5.86. The standard InChI is InChI=1S/C20H16N4/c1-11-6-4-5-7-14(11)8-15-12(2)16(9-21)19-18(15)13(3)17(10-22)20(23)24-19/h4-8H,1-3H3,(H2,23,24)/b15-8-. The number of pyridine rings is 1. The summed E-state index contributed by atoms with van der Waals surface area (Å²) in [5.74, 6) is 0.173. The molecule has 0 amide bonds. The van der Waals surface area contributed by atoms with Gasteiger partial charge in [-0.15, -0.1) is 0 Å². The van der Waals surface area contributed by atoms with Gasteiger partial charge in [-0.3, -0.25) is 0 Å². The fourth-order valence-electron chi connectivity index (χ4n) is 3.10. The van der Waals surface area contributed by atoms with Crippen LogP contribution in [0.3, 0.4) is 0 Å². The van der Waals surface area contributed by atoms with Crippen molar-refractivity contribution in [2.45, 2.75) is 20.8 Å². The van der Waals surface area contributed by atoms with Gasteiger partial charge in [-0.1, -0.05) is 24.3 Å². The zero-order valence-corrected chi connectivity index (χ0v) is 13.8. The maximum atomic E-state index is 9.55. The molecular weight excluding hydrogens is 296 g/mol. The lowest BCUT2D eigenvalue weighted by Crippen LogP contribution is -2.03. The van der Waals surface area contributed by atoms with E-state index in [9.17, 15) is 10.5 Å². The molecular formula is C20H16N4. The molecule has 0 fully saturated rings. The number of hydrogen-bond acceptors (Lipinski definition) is 4. The molecule has 0 spiro atoms. The van der Waals surface area contributed by atoms with E-state index in [1.165, 1.54) is 0 Å². The van der Waals surface area contributed by atoms with E-state index in [-0.39, 0.29) is 5.82 Å². The van der Waals surface area contributed by atoms with Crippen LogP contribution in [0.2, 0.25) is 0 Å². The Labute approximate surface area is 141 Å². The van der Waals surface area contributed by atoms with Crippen molar-refractivity contribution in [3.63, 3.8) is 0 Å². The largest absolute Gasteiger partial charge is 0.383 e. The number of aryl methyl sites for hydroxylation is 1. The number of nitrogen functional groups attached to an aromatic ring is 1. The van der Waals surface area contributed by atoms with Crippen LogP contribution in [0.1, 0.15) is 40.4 Å². The number of benzene rings is 1. The highest BCUT2D eigenvalue weighted by atomic mass is 14.9. The van der Waals surface area contributed by atoms with Crippen molar-refractivity contribution in [2.24, 2.45) is 0 Å². The third kappa shape index (κ3) is 2.17. The summed E-state index contributed by atoms with van der Waals surface area (Å²) in [7, 11) is 0. The van der Waals surface area contributed by atoms with Crippen LogP contribution in [-0.2, 0) is 0 Å². The van der Waals surface area contributed by atoms with Crippen LogP contribution in [0.25, 0.3) is 17.2 Å². The van der Waals surface area contributed by atoms with Crippen molar-refractivity contribution in [2.75, 3.05) is 5.73 Å². The zero-order chi connectivity index (χ0) is 17.4. The Kier molecular flexibility index (Phi) is 3.67. The molecule has 2 N–H and O–H groups in total. The number of fused-ring (bicyclic) bond motifs is 1. The Morgan fingerprint density at radius 1 is 1.08 bits per heavy atom. The molecule has 2 aromatic rings. The summed E-state index contributed by atoms with van der Waals surface area (Å²) in [5.41, 5.74) is 13.0. The topological polar surface area (TPSA) is 86.5 Å². The highest BCUT2D eigenvalue weighted by molar-refractivity contribution is 6.08. The van der Waals surface area contributed by atoms with Crippen LogP contribution >= 0.6 is 0 Å². The predicted octanol–water partition coefficient (Wildman–Crippen LogP) is 4.00. The smallest absolute Gasteiger partial charge is 0.142 e. The maximum Gasteiger partial charge on any atom is 0.142 e. The molecule has 116 valence electrons. The molecule has 4 nitrogen and oxygen atoms in total. The summed E-state index contributed by atoms with van der Waals surface area (Å²) in [6, 6.07) is 12.4. The van der Waals surface area contributed by atoms with Gasteiger partial charge in [-0.25, -0.2) is 4.98 Å². The van der Waals surface area contributed by atoms with Crippen LogP contribution in [-0.4, -0.2) is 4.98 Å². The van der Waals surface area contributed by atoms with Gasteiger partial charge in [-0.05, 0) is 54.7 Å². The maximum absolute atomic E-state index is 9.55. The molecule has 0 atom stereocenters. The van der Waals surface area contributed by atoms with Crippen molar-refractivity contribution in [1.82, 2.24) is 4.98 Å². The number of anilines is 1. The van der Waals surface area contributed by atoms with Crippen LogP contribution in [0.15, 0.2) is 29.8 Å². The molecule has 0 saturated heterocycles. The number of aromatic nitrogens is 1. The van der Waals surface area contributed by atoms with Gasteiger partial charge in [0.15, 0.2) is 0 Å². The predicted molar refractivity (Wildman–Crippen MR) is 95.4 cm³/mol. The van der Waals surface area contributed by atoms with E-state index in [0.29, 0.717) is 16.8 Å². The normalized spacial score (nSPS) is 14.5. The number of nitrogens with two attached hydrogens (primary N) is 1. The molecule has 24 heavy (non-hydrogen) atoms. The molecule has 0 radical (unpaired) electrons. The number of allylic oxidation sites excluding steroid dienone is 3. The number of hydrogen-bond donors (Lipinski definition) is 1.